The summed E-state index contributed by atoms with van der Waals surface area (Å²) in [4.78, 5) is 35.4. The van der Waals surface area contributed by atoms with Crippen molar-refractivity contribution in [3.8, 4) is 11.3 Å². The average molecular weight is 565 g/mol. The van der Waals surface area contributed by atoms with E-state index in [2.05, 4.69) is 15.9 Å². The number of halogens is 1. The molecule has 0 bridgehead atoms. The zero-order valence-electron chi connectivity index (χ0n) is 20.0. The smallest absolute Gasteiger partial charge is 0.266 e. The van der Waals surface area contributed by atoms with Crippen molar-refractivity contribution in [3.05, 3.63) is 119 Å². The van der Waals surface area contributed by atoms with Gasteiger partial charge in [-0.1, -0.05) is 82.7 Å². The number of furan rings is 1. The molecule has 0 saturated carbocycles. The summed E-state index contributed by atoms with van der Waals surface area (Å²) in [6, 6.07) is 33.8. The van der Waals surface area contributed by atoms with Gasteiger partial charge in [0.1, 0.15) is 23.5 Å². The number of fused-ring (bicyclic) bond motifs is 2. The van der Waals surface area contributed by atoms with Crippen molar-refractivity contribution in [2.24, 2.45) is 5.92 Å². The number of hydrogen-bond donors (Lipinski definition) is 0. The van der Waals surface area contributed by atoms with Crippen molar-refractivity contribution < 1.29 is 18.8 Å². The van der Waals surface area contributed by atoms with E-state index in [1.807, 2.05) is 109 Å². The number of benzene rings is 4. The molecule has 0 spiro atoms. The molecule has 3 atom stereocenters. The van der Waals surface area contributed by atoms with Crippen molar-refractivity contribution in [3.63, 3.8) is 0 Å². The Labute approximate surface area is 227 Å². The number of carbonyl (C=O) groups is 2. The molecule has 7 heteroatoms. The van der Waals surface area contributed by atoms with Crippen LogP contribution in [0.1, 0.15) is 11.8 Å². The summed E-state index contributed by atoms with van der Waals surface area (Å²) in [7, 11) is 0. The van der Waals surface area contributed by atoms with E-state index in [1.54, 1.807) is 5.06 Å². The highest BCUT2D eigenvalue weighted by Gasteiger charge is 2.61. The molecule has 3 heterocycles. The fourth-order valence-electron chi connectivity index (χ4n) is 5.42. The van der Waals surface area contributed by atoms with Crippen molar-refractivity contribution >= 4 is 49.9 Å². The van der Waals surface area contributed by atoms with Gasteiger partial charge in [0.2, 0.25) is 5.91 Å². The summed E-state index contributed by atoms with van der Waals surface area (Å²) in [5.41, 5.74) is 2.22. The Bertz CT molecular complexity index is 1680. The van der Waals surface area contributed by atoms with Gasteiger partial charge in [0.15, 0.2) is 6.10 Å². The molecule has 2 fully saturated rings. The van der Waals surface area contributed by atoms with E-state index < -0.39 is 18.1 Å². The van der Waals surface area contributed by atoms with Gasteiger partial charge in [-0.25, -0.2) is 9.96 Å². The lowest BCUT2D eigenvalue weighted by Crippen LogP contribution is -2.37. The molecule has 38 heavy (non-hydrogen) atoms. The number of rotatable bonds is 4. The topological polar surface area (TPSA) is 63.0 Å². The van der Waals surface area contributed by atoms with E-state index in [0.717, 1.165) is 26.5 Å². The molecule has 3 unspecified atom stereocenters. The zero-order valence-corrected chi connectivity index (χ0v) is 21.6. The monoisotopic (exact) mass is 564 g/mol. The maximum Gasteiger partial charge on any atom is 0.266 e. The maximum absolute atomic E-state index is 14.1. The number of anilines is 2. The van der Waals surface area contributed by atoms with Crippen LogP contribution in [0.3, 0.4) is 0 Å². The normalized spacial score (nSPS) is 20.9. The summed E-state index contributed by atoms with van der Waals surface area (Å²) < 4.78 is 7.30. The Kier molecular flexibility index (Phi) is 5.42. The lowest BCUT2D eigenvalue weighted by Gasteiger charge is -2.27. The molecule has 6 nitrogen and oxygen atoms in total. The van der Waals surface area contributed by atoms with Crippen molar-refractivity contribution in [1.29, 1.82) is 0 Å². The van der Waals surface area contributed by atoms with Gasteiger partial charge >= 0.3 is 0 Å². The molecule has 0 radical (unpaired) electrons. The summed E-state index contributed by atoms with van der Waals surface area (Å²) >= 11 is 3.47. The van der Waals surface area contributed by atoms with E-state index in [4.69, 9.17) is 9.25 Å². The van der Waals surface area contributed by atoms with Gasteiger partial charge in [0.25, 0.3) is 5.91 Å². The van der Waals surface area contributed by atoms with Crippen molar-refractivity contribution in [1.82, 2.24) is 0 Å². The van der Waals surface area contributed by atoms with E-state index in [9.17, 15) is 9.59 Å². The second-order valence-electron chi connectivity index (χ2n) is 9.38. The maximum atomic E-state index is 14.1. The van der Waals surface area contributed by atoms with Crippen molar-refractivity contribution in [2.45, 2.75) is 12.1 Å². The fourth-order valence-corrected chi connectivity index (χ4v) is 5.69. The minimum atomic E-state index is -0.965. The minimum absolute atomic E-state index is 0.304. The third-order valence-electron chi connectivity index (χ3n) is 7.18. The number of para-hydroxylation sites is 1. The SMILES string of the molecule is O=C1C2ON(c3ccccc3)C(c3ccc(-c4ccc(Br)cc4)o3)C2C(=O)N1c1cccc2ccccc12. The van der Waals surface area contributed by atoms with Gasteiger partial charge in [-0.3, -0.25) is 14.4 Å². The quantitative estimate of drug-likeness (QED) is 0.222. The number of imide groups is 1. The van der Waals surface area contributed by atoms with E-state index in [-0.39, 0.29) is 11.8 Å². The molecule has 2 amide bonds. The number of hydrogen-bond acceptors (Lipinski definition) is 5. The number of carbonyl (C=O) groups excluding carboxylic acids is 2. The minimum Gasteiger partial charge on any atom is -0.459 e. The molecular weight excluding hydrogens is 544 g/mol. The number of nitrogens with zero attached hydrogens (tertiary/aromatic N) is 2. The van der Waals surface area contributed by atoms with Gasteiger partial charge in [-0.2, -0.15) is 0 Å². The molecule has 1 aromatic heterocycles. The Morgan fingerprint density at radius 2 is 1.45 bits per heavy atom. The molecule has 5 aromatic rings. The molecule has 2 aliphatic rings. The highest BCUT2D eigenvalue weighted by atomic mass is 79.9. The second-order valence-corrected chi connectivity index (χ2v) is 10.3. The van der Waals surface area contributed by atoms with E-state index in [1.165, 1.54) is 4.90 Å². The Balaban J connectivity index is 1.32. The van der Waals surface area contributed by atoms with Gasteiger partial charge in [-0.05, 0) is 47.9 Å². The highest BCUT2D eigenvalue weighted by molar-refractivity contribution is 9.10. The number of hydroxylamine groups is 1. The van der Waals surface area contributed by atoms with Crippen LogP contribution in [0.25, 0.3) is 22.1 Å². The molecule has 0 N–H and O–H groups in total. The van der Waals surface area contributed by atoms with Crippen LogP contribution >= 0.6 is 15.9 Å². The first-order chi connectivity index (χ1) is 18.6. The zero-order chi connectivity index (χ0) is 25.8. The first-order valence-corrected chi connectivity index (χ1v) is 13.1. The molecule has 2 saturated heterocycles. The first kappa shape index (κ1) is 23.0. The average Bonchev–Trinajstić information content (AvgIpc) is 3.65. The molecule has 7 rings (SSSR count). The molecule has 0 aliphatic carbocycles. The standard InChI is InChI=1S/C31H21BrN2O4/c32-21-15-13-20(14-16-21)25-17-18-26(37-25)28-27-29(38-34(28)22-9-2-1-3-10-22)31(36)33(30(27)35)24-12-6-8-19-7-4-5-11-23(19)24/h1-18,27-29H. The van der Waals surface area contributed by atoms with E-state index in [0.29, 0.717) is 17.2 Å². The Hall–Kier alpha value is -4.20. The van der Waals surface area contributed by atoms with Crippen LogP contribution in [0.5, 0.6) is 0 Å². The Morgan fingerprint density at radius 1 is 0.711 bits per heavy atom. The van der Waals surface area contributed by atoms with Gasteiger partial charge in [-0.15, -0.1) is 0 Å². The van der Waals surface area contributed by atoms with Crippen LogP contribution < -0.4 is 9.96 Å². The van der Waals surface area contributed by atoms with Crippen molar-refractivity contribution in [2.75, 3.05) is 9.96 Å². The fraction of sp³-hybridized carbons (Fsp3) is 0.0968. The van der Waals surface area contributed by atoms with Crippen LogP contribution in [0.15, 0.2) is 118 Å². The van der Waals surface area contributed by atoms with Crippen LogP contribution in [0.2, 0.25) is 0 Å². The molecular formula is C31H21BrN2O4. The van der Waals surface area contributed by atoms with Gasteiger partial charge in [0.05, 0.1) is 11.4 Å². The summed E-state index contributed by atoms with van der Waals surface area (Å²) in [6.45, 7) is 0. The molecule has 2 aliphatic heterocycles. The van der Waals surface area contributed by atoms with E-state index >= 15 is 0 Å². The van der Waals surface area contributed by atoms with Gasteiger partial charge in [0, 0.05) is 15.4 Å². The van der Waals surface area contributed by atoms with Gasteiger partial charge < -0.3 is 4.42 Å². The third kappa shape index (κ3) is 3.58. The largest absolute Gasteiger partial charge is 0.459 e. The van der Waals surface area contributed by atoms with Crippen LogP contribution in [-0.2, 0) is 14.4 Å². The first-order valence-electron chi connectivity index (χ1n) is 12.3. The Morgan fingerprint density at radius 3 is 2.26 bits per heavy atom. The molecule has 186 valence electrons. The second kappa shape index (κ2) is 8.97. The van der Waals surface area contributed by atoms with Crippen LogP contribution in [0.4, 0.5) is 11.4 Å². The summed E-state index contributed by atoms with van der Waals surface area (Å²) in [6.07, 6.45) is -0.965. The lowest BCUT2D eigenvalue weighted by atomic mass is 9.94. The lowest BCUT2D eigenvalue weighted by molar-refractivity contribution is -0.126. The highest BCUT2D eigenvalue weighted by Crippen LogP contribution is 2.49. The summed E-state index contributed by atoms with van der Waals surface area (Å²) in [5, 5.41) is 3.44. The third-order valence-corrected chi connectivity index (χ3v) is 7.71. The predicted octanol–water partition coefficient (Wildman–Crippen LogP) is 6.91. The predicted molar refractivity (Wildman–Crippen MR) is 148 cm³/mol. The summed E-state index contributed by atoms with van der Waals surface area (Å²) in [5.74, 6) is -0.224. The van der Waals surface area contributed by atoms with Crippen LogP contribution in [-0.4, -0.2) is 17.9 Å². The number of amides is 2. The molecule has 4 aromatic carbocycles. The van der Waals surface area contributed by atoms with Crippen LogP contribution in [0, 0.1) is 5.92 Å².